The van der Waals surface area contributed by atoms with Crippen molar-refractivity contribution in [1.82, 2.24) is 0 Å². The molecule has 0 atom stereocenters. The highest BCUT2D eigenvalue weighted by Crippen LogP contribution is 2.11. The third-order valence-electron chi connectivity index (χ3n) is 0.860. The molecule has 0 saturated carbocycles. The first-order valence-electron chi connectivity index (χ1n) is 2.79. The third kappa shape index (κ3) is 2.45. The molecule has 0 fully saturated rings. The number of hydrogen-bond donors (Lipinski definition) is 0. The predicted octanol–water partition coefficient (Wildman–Crippen LogP) is 1.34. The highest BCUT2D eigenvalue weighted by molar-refractivity contribution is 8.13. The first kappa shape index (κ1) is 7.22. The van der Waals surface area contributed by atoms with Crippen molar-refractivity contribution >= 4 is 28.6 Å². The number of alkyl halides is 1. The van der Waals surface area contributed by atoms with Gasteiger partial charge < -0.3 is 4.74 Å². The van der Waals surface area contributed by atoms with Crippen LogP contribution in [0.1, 0.15) is 0 Å². The van der Waals surface area contributed by atoms with Crippen molar-refractivity contribution in [3.05, 3.63) is 0 Å². The van der Waals surface area contributed by atoms with Crippen LogP contribution in [0.5, 0.6) is 0 Å². The highest BCUT2D eigenvalue weighted by Gasteiger charge is 2.06. The van der Waals surface area contributed by atoms with E-state index in [1.165, 1.54) is 0 Å². The van der Waals surface area contributed by atoms with Crippen molar-refractivity contribution in [2.45, 2.75) is 0 Å². The molecule has 4 heteroatoms. The van der Waals surface area contributed by atoms with Crippen LogP contribution in [0, 0.1) is 0 Å². The topological polar surface area (TPSA) is 21.6 Å². The first-order chi connectivity index (χ1) is 4.43. The van der Waals surface area contributed by atoms with Crippen molar-refractivity contribution in [3.63, 3.8) is 0 Å². The summed E-state index contributed by atoms with van der Waals surface area (Å²) in [5, 5.41) is 0.802. The molecule has 0 aromatic carbocycles. The summed E-state index contributed by atoms with van der Waals surface area (Å²) in [6.07, 6.45) is 0. The number of hydrogen-bond acceptors (Lipinski definition) is 3. The summed E-state index contributed by atoms with van der Waals surface area (Å²) in [6.45, 7) is 1.47. The molecule has 0 amide bonds. The van der Waals surface area contributed by atoms with E-state index in [2.05, 4.69) is 4.99 Å². The fraction of sp³-hybridized carbons (Fsp3) is 0.800. The second-order valence-corrected chi connectivity index (χ2v) is 2.96. The molecule has 1 rings (SSSR count). The minimum atomic E-state index is 0.541. The standard InChI is InChI=1S/C5H8ClNOS/c6-1-3-8-5-7-2-4-9-5/h1-4H2. The maximum atomic E-state index is 5.39. The Morgan fingerprint density at radius 2 is 2.67 bits per heavy atom. The zero-order chi connectivity index (χ0) is 6.53. The van der Waals surface area contributed by atoms with Crippen molar-refractivity contribution in [1.29, 1.82) is 0 Å². The fourth-order valence-electron chi connectivity index (χ4n) is 0.529. The van der Waals surface area contributed by atoms with Gasteiger partial charge in [0, 0.05) is 5.75 Å². The summed E-state index contributed by atoms with van der Waals surface area (Å²) in [5.41, 5.74) is 0. The summed E-state index contributed by atoms with van der Waals surface area (Å²) in [7, 11) is 0. The molecule has 0 saturated heterocycles. The van der Waals surface area contributed by atoms with Crippen molar-refractivity contribution in [2.24, 2.45) is 4.99 Å². The van der Waals surface area contributed by atoms with Gasteiger partial charge in [0.25, 0.3) is 0 Å². The second kappa shape index (κ2) is 4.01. The van der Waals surface area contributed by atoms with Gasteiger partial charge in [-0.15, -0.1) is 11.6 Å². The van der Waals surface area contributed by atoms with Gasteiger partial charge in [0.15, 0.2) is 0 Å². The maximum absolute atomic E-state index is 5.39. The summed E-state index contributed by atoms with van der Waals surface area (Å²) < 4.78 is 5.13. The van der Waals surface area contributed by atoms with Gasteiger partial charge in [0.2, 0.25) is 5.23 Å². The second-order valence-electron chi connectivity index (χ2n) is 1.53. The van der Waals surface area contributed by atoms with Gasteiger partial charge in [-0.3, -0.25) is 0 Å². The van der Waals surface area contributed by atoms with Crippen LogP contribution < -0.4 is 0 Å². The lowest BCUT2D eigenvalue weighted by Gasteiger charge is -1.98. The van der Waals surface area contributed by atoms with Crippen LogP contribution in [0.2, 0.25) is 0 Å². The molecule has 0 aliphatic carbocycles. The number of thioether (sulfide) groups is 1. The molecule has 0 unspecified atom stereocenters. The molecule has 0 radical (unpaired) electrons. The lowest BCUT2D eigenvalue weighted by atomic mass is 10.8. The van der Waals surface area contributed by atoms with E-state index < -0.39 is 0 Å². The molecule has 0 bridgehead atoms. The van der Waals surface area contributed by atoms with Crippen LogP contribution in [-0.4, -0.2) is 30.0 Å². The average Bonchev–Trinajstić information content (AvgIpc) is 2.34. The maximum Gasteiger partial charge on any atom is 0.245 e. The van der Waals surface area contributed by atoms with Crippen LogP contribution in [0.3, 0.4) is 0 Å². The van der Waals surface area contributed by atoms with E-state index >= 15 is 0 Å². The van der Waals surface area contributed by atoms with Crippen LogP contribution >= 0.6 is 23.4 Å². The molecule has 0 N–H and O–H groups in total. The number of ether oxygens (including phenoxy) is 1. The summed E-state index contributed by atoms with van der Waals surface area (Å²) in [6, 6.07) is 0. The SMILES string of the molecule is ClCCOC1=NCCS1. The molecular formula is C5H8ClNOS. The van der Waals surface area contributed by atoms with Crippen molar-refractivity contribution < 1.29 is 4.74 Å². The molecule has 1 aliphatic rings. The molecule has 2 nitrogen and oxygen atoms in total. The molecule has 0 aromatic heterocycles. The molecule has 1 heterocycles. The van der Waals surface area contributed by atoms with Crippen molar-refractivity contribution in [2.75, 3.05) is 24.8 Å². The highest BCUT2D eigenvalue weighted by atomic mass is 35.5. The Balaban J connectivity index is 2.11. The number of nitrogens with zero attached hydrogens (tertiary/aromatic N) is 1. The monoisotopic (exact) mass is 165 g/mol. The van der Waals surface area contributed by atoms with Crippen LogP contribution in [-0.2, 0) is 4.74 Å². The Labute approximate surface area is 63.6 Å². The van der Waals surface area contributed by atoms with Gasteiger partial charge in [-0.2, -0.15) is 0 Å². The Hall–Kier alpha value is 0.110. The van der Waals surface area contributed by atoms with Crippen molar-refractivity contribution in [3.8, 4) is 0 Å². The lowest BCUT2D eigenvalue weighted by molar-refractivity contribution is 0.340. The van der Waals surface area contributed by atoms with Gasteiger partial charge in [0.1, 0.15) is 6.61 Å². The van der Waals surface area contributed by atoms with Crippen LogP contribution in [0.4, 0.5) is 0 Å². The average molecular weight is 166 g/mol. The smallest absolute Gasteiger partial charge is 0.245 e. The minimum Gasteiger partial charge on any atom is -0.472 e. The molecule has 1 aliphatic heterocycles. The van der Waals surface area contributed by atoms with E-state index in [4.69, 9.17) is 16.3 Å². The van der Waals surface area contributed by atoms with E-state index in [1.54, 1.807) is 11.8 Å². The Bertz CT molecular complexity index is 118. The molecule has 0 spiro atoms. The van der Waals surface area contributed by atoms with Gasteiger partial charge in [-0.1, -0.05) is 11.8 Å². The Kier molecular flexibility index (Phi) is 3.22. The van der Waals surface area contributed by atoms with E-state index in [0.29, 0.717) is 12.5 Å². The largest absolute Gasteiger partial charge is 0.472 e. The zero-order valence-electron chi connectivity index (χ0n) is 4.97. The Morgan fingerprint density at radius 3 is 3.22 bits per heavy atom. The van der Waals surface area contributed by atoms with E-state index in [-0.39, 0.29) is 0 Å². The summed E-state index contributed by atoms with van der Waals surface area (Å²) in [4.78, 5) is 4.07. The summed E-state index contributed by atoms with van der Waals surface area (Å²) >= 11 is 7.04. The lowest BCUT2D eigenvalue weighted by Crippen LogP contribution is -1.99. The quantitative estimate of drug-likeness (QED) is 0.576. The Morgan fingerprint density at radius 1 is 1.78 bits per heavy atom. The predicted molar refractivity (Wildman–Crippen MR) is 41.4 cm³/mol. The first-order valence-corrected chi connectivity index (χ1v) is 4.31. The van der Waals surface area contributed by atoms with Gasteiger partial charge in [-0.05, 0) is 0 Å². The van der Waals surface area contributed by atoms with Crippen LogP contribution in [0.25, 0.3) is 0 Å². The molecule has 0 aromatic rings. The van der Waals surface area contributed by atoms with Gasteiger partial charge >= 0.3 is 0 Å². The molecular weight excluding hydrogens is 158 g/mol. The van der Waals surface area contributed by atoms with Gasteiger partial charge in [0.05, 0.1) is 12.4 Å². The summed E-state index contributed by atoms with van der Waals surface area (Å²) in [5.74, 6) is 1.59. The van der Waals surface area contributed by atoms with E-state index in [9.17, 15) is 0 Å². The van der Waals surface area contributed by atoms with E-state index in [1.807, 2.05) is 0 Å². The number of aliphatic imine (C=N–C) groups is 1. The fourth-order valence-corrected chi connectivity index (χ4v) is 1.31. The van der Waals surface area contributed by atoms with E-state index in [0.717, 1.165) is 17.5 Å². The minimum absolute atomic E-state index is 0.541. The van der Waals surface area contributed by atoms with Crippen LogP contribution in [0.15, 0.2) is 4.99 Å². The third-order valence-corrected chi connectivity index (χ3v) is 1.90. The number of rotatable bonds is 2. The van der Waals surface area contributed by atoms with Gasteiger partial charge in [-0.25, -0.2) is 4.99 Å². The zero-order valence-corrected chi connectivity index (χ0v) is 6.54. The molecule has 9 heavy (non-hydrogen) atoms. The normalized spacial score (nSPS) is 17.7. The number of halogens is 1. The molecule has 52 valence electrons.